The second-order valence-corrected chi connectivity index (χ2v) is 5.07. The molecule has 6 heteroatoms. The van der Waals surface area contributed by atoms with Crippen molar-refractivity contribution < 1.29 is 18.8 Å². The molecule has 6 nitrogen and oxygen atoms in total. The molecule has 0 spiro atoms. The van der Waals surface area contributed by atoms with Gasteiger partial charge < -0.3 is 18.9 Å². The summed E-state index contributed by atoms with van der Waals surface area (Å²) in [5.41, 5.74) is 1.63. The number of carbonyl (C=O) groups is 1. The summed E-state index contributed by atoms with van der Waals surface area (Å²) in [5, 5.41) is 4.06. The van der Waals surface area contributed by atoms with E-state index in [1.165, 1.54) is 0 Å². The van der Waals surface area contributed by atoms with Gasteiger partial charge in [0.05, 0.1) is 20.3 Å². The third kappa shape index (κ3) is 4.56. The van der Waals surface area contributed by atoms with Crippen molar-refractivity contribution in [2.24, 2.45) is 0 Å². The molecule has 0 unspecified atom stereocenters. The van der Waals surface area contributed by atoms with Crippen LogP contribution in [0, 0.1) is 0 Å². The van der Waals surface area contributed by atoms with Crippen molar-refractivity contribution in [3.63, 3.8) is 0 Å². The molecule has 1 aromatic carbocycles. The van der Waals surface area contributed by atoms with Crippen LogP contribution >= 0.6 is 0 Å². The van der Waals surface area contributed by atoms with Gasteiger partial charge in [-0.25, -0.2) is 0 Å². The van der Waals surface area contributed by atoms with Gasteiger partial charge in [-0.1, -0.05) is 12.1 Å². The van der Waals surface area contributed by atoms with E-state index in [4.69, 9.17) is 14.0 Å². The van der Waals surface area contributed by atoms with Crippen LogP contribution in [0.5, 0.6) is 5.75 Å². The molecule has 0 saturated heterocycles. The first-order valence-corrected chi connectivity index (χ1v) is 7.54. The van der Waals surface area contributed by atoms with Crippen molar-refractivity contribution in [1.29, 1.82) is 0 Å². The molecule has 0 atom stereocenters. The normalized spacial score (nSPS) is 10.6. The van der Waals surface area contributed by atoms with Gasteiger partial charge in [0.25, 0.3) is 0 Å². The molecule has 0 aliphatic rings. The number of aromatic nitrogens is 1. The Bertz CT molecular complexity index is 622. The minimum absolute atomic E-state index is 0.0658. The second-order valence-electron chi connectivity index (χ2n) is 5.07. The Morgan fingerprint density at radius 1 is 1.26 bits per heavy atom. The molecule has 0 aliphatic carbocycles. The zero-order valence-corrected chi connectivity index (χ0v) is 13.7. The molecule has 0 bridgehead atoms. The maximum absolute atomic E-state index is 12.0. The van der Waals surface area contributed by atoms with Gasteiger partial charge in [-0.2, -0.15) is 0 Å². The molecule has 2 rings (SSSR count). The summed E-state index contributed by atoms with van der Waals surface area (Å²) in [4.78, 5) is 13.7. The molecule has 0 aliphatic heterocycles. The van der Waals surface area contributed by atoms with Crippen molar-refractivity contribution >= 4 is 5.91 Å². The fourth-order valence-electron chi connectivity index (χ4n) is 2.19. The van der Waals surface area contributed by atoms with Crippen LogP contribution in [0.1, 0.15) is 19.0 Å². The van der Waals surface area contributed by atoms with Gasteiger partial charge in [0, 0.05) is 31.7 Å². The van der Waals surface area contributed by atoms with Gasteiger partial charge in [-0.15, -0.1) is 0 Å². The highest BCUT2D eigenvalue weighted by Crippen LogP contribution is 2.23. The number of carbonyl (C=O) groups excluding carboxylic acids is 1. The van der Waals surface area contributed by atoms with Crippen LogP contribution in [0.15, 0.2) is 34.9 Å². The predicted molar refractivity (Wildman–Crippen MR) is 86.1 cm³/mol. The SMILES string of the molecule is CCC(=O)N(CCOC)Cc1cc(-c2ccc(OC)cc2)on1. The first-order chi connectivity index (χ1) is 11.2. The Hall–Kier alpha value is -2.34. The van der Waals surface area contributed by atoms with Crippen molar-refractivity contribution in [1.82, 2.24) is 10.1 Å². The van der Waals surface area contributed by atoms with Gasteiger partial charge in [0.15, 0.2) is 5.76 Å². The van der Waals surface area contributed by atoms with E-state index in [-0.39, 0.29) is 5.91 Å². The zero-order chi connectivity index (χ0) is 16.7. The fourth-order valence-corrected chi connectivity index (χ4v) is 2.19. The summed E-state index contributed by atoms with van der Waals surface area (Å²) in [5.74, 6) is 1.52. The third-order valence-electron chi connectivity index (χ3n) is 3.51. The van der Waals surface area contributed by atoms with E-state index in [0.717, 1.165) is 11.3 Å². The maximum atomic E-state index is 12.0. The van der Waals surface area contributed by atoms with E-state index in [0.29, 0.717) is 37.6 Å². The summed E-state index contributed by atoms with van der Waals surface area (Å²) in [7, 11) is 3.24. The molecule has 1 aromatic heterocycles. The third-order valence-corrected chi connectivity index (χ3v) is 3.51. The van der Waals surface area contributed by atoms with Crippen LogP contribution in [-0.2, 0) is 16.1 Å². The summed E-state index contributed by atoms with van der Waals surface area (Å²) < 4.78 is 15.6. The highest BCUT2D eigenvalue weighted by molar-refractivity contribution is 5.75. The lowest BCUT2D eigenvalue weighted by atomic mass is 10.1. The molecule has 124 valence electrons. The van der Waals surface area contributed by atoms with Crippen LogP contribution in [0.2, 0.25) is 0 Å². The first-order valence-electron chi connectivity index (χ1n) is 7.54. The van der Waals surface area contributed by atoms with E-state index >= 15 is 0 Å². The molecule has 1 amide bonds. The summed E-state index contributed by atoms with van der Waals surface area (Å²) in [6, 6.07) is 9.39. The van der Waals surface area contributed by atoms with Gasteiger partial charge >= 0.3 is 0 Å². The maximum Gasteiger partial charge on any atom is 0.222 e. The zero-order valence-electron chi connectivity index (χ0n) is 13.7. The number of ether oxygens (including phenoxy) is 2. The minimum Gasteiger partial charge on any atom is -0.497 e. The van der Waals surface area contributed by atoms with Crippen LogP contribution in [-0.4, -0.2) is 43.3 Å². The molecule has 1 heterocycles. The van der Waals surface area contributed by atoms with E-state index in [1.54, 1.807) is 19.1 Å². The Labute approximate surface area is 136 Å². The first kappa shape index (κ1) is 17.0. The molecule has 0 fully saturated rings. The summed E-state index contributed by atoms with van der Waals surface area (Å²) in [6.45, 7) is 3.28. The molecule has 23 heavy (non-hydrogen) atoms. The van der Waals surface area contributed by atoms with Crippen LogP contribution in [0.4, 0.5) is 0 Å². The highest BCUT2D eigenvalue weighted by atomic mass is 16.5. The number of amides is 1. The second kappa shape index (κ2) is 8.33. The summed E-state index contributed by atoms with van der Waals surface area (Å²) in [6.07, 6.45) is 0.451. The van der Waals surface area contributed by atoms with Crippen LogP contribution < -0.4 is 4.74 Å². The van der Waals surface area contributed by atoms with Gasteiger partial charge in [-0.05, 0) is 24.3 Å². The average molecular weight is 318 g/mol. The van der Waals surface area contributed by atoms with Gasteiger partial charge in [-0.3, -0.25) is 4.79 Å². The molecule has 0 N–H and O–H groups in total. The monoisotopic (exact) mass is 318 g/mol. The lowest BCUT2D eigenvalue weighted by Crippen LogP contribution is -2.32. The Morgan fingerprint density at radius 2 is 2.00 bits per heavy atom. The number of hydrogen-bond acceptors (Lipinski definition) is 5. The van der Waals surface area contributed by atoms with E-state index in [2.05, 4.69) is 5.16 Å². The summed E-state index contributed by atoms with van der Waals surface area (Å²) >= 11 is 0. The Balaban J connectivity index is 2.08. The van der Waals surface area contributed by atoms with Crippen LogP contribution in [0.3, 0.4) is 0 Å². The molecule has 0 radical (unpaired) electrons. The largest absolute Gasteiger partial charge is 0.497 e. The number of methoxy groups -OCH3 is 2. The topological polar surface area (TPSA) is 64.8 Å². The number of hydrogen-bond donors (Lipinski definition) is 0. The van der Waals surface area contributed by atoms with Crippen molar-refractivity contribution in [3.8, 4) is 17.1 Å². The fraction of sp³-hybridized carbons (Fsp3) is 0.412. The smallest absolute Gasteiger partial charge is 0.222 e. The molecular weight excluding hydrogens is 296 g/mol. The van der Waals surface area contributed by atoms with Gasteiger partial charge in [0.1, 0.15) is 11.4 Å². The Morgan fingerprint density at radius 3 is 2.61 bits per heavy atom. The molecule has 2 aromatic rings. The average Bonchev–Trinajstić information content (AvgIpc) is 3.06. The van der Waals surface area contributed by atoms with Crippen molar-refractivity contribution in [2.45, 2.75) is 19.9 Å². The number of benzene rings is 1. The standard InChI is InChI=1S/C17H22N2O4/c1-4-17(20)19(9-10-21-2)12-14-11-16(23-18-14)13-5-7-15(22-3)8-6-13/h5-8,11H,4,9-10,12H2,1-3H3. The van der Waals surface area contributed by atoms with Crippen molar-refractivity contribution in [2.75, 3.05) is 27.4 Å². The molecular formula is C17H22N2O4. The number of rotatable bonds is 8. The molecule has 0 saturated carbocycles. The van der Waals surface area contributed by atoms with Gasteiger partial charge in [0.2, 0.25) is 5.91 Å². The number of nitrogens with zero attached hydrogens (tertiary/aromatic N) is 2. The quantitative estimate of drug-likeness (QED) is 0.749. The highest BCUT2D eigenvalue weighted by Gasteiger charge is 2.15. The lowest BCUT2D eigenvalue weighted by Gasteiger charge is -2.20. The van der Waals surface area contributed by atoms with E-state index in [1.807, 2.05) is 37.3 Å². The van der Waals surface area contributed by atoms with Crippen molar-refractivity contribution in [3.05, 3.63) is 36.0 Å². The predicted octanol–water partition coefficient (Wildman–Crippen LogP) is 2.74. The Kier molecular flexibility index (Phi) is 6.17. The van der Waals surface area contributed by atoms with Crippen LogP contribution in [0.25, 0.3) is 11.3 Å². The minimum atomic E-state index is 0.0658. The lowest BCUT2D eigenvalue weighted by molar-refractivity contribution is -0.132. The van der Waals surface area contributed by atoms with E-state index < -0.39 is 0 Å². The van der Waals surface area contributed by atoms with E-state index in [9.17, 15) is 4.79 Å².